The number of hydrogen-bond donors (Lipinski definition) is 2. The van der Waals surface area contributed by atoms with Crippen molar-refractivity contribution in [1.82, 2.24) is 9.97 Å². The topological polar surface area (TPSA) is 76.1 Å². The Morgan fingerprint density at radius 2 is 2.11 bits per heavy atom. The van der Waals surface area contributed by atoms with Crippen LogP contribution in [0.3, 0.4) is 0 Å². The Kier molecular flexibility index (Phi) is 4.15. The van der Waals surface area contributed by atoms with Crippen LogP contribution in [0.15, 0.2) is 36.7 Å². The van der Waals surface area contributed by atoms with Gasteiger partial charge in [-0.3, -0.25) is 5.32 Å². The lowest BCUT2D eigenvalue weighted by Gasteiger charge is -2.08. The van der Waals surface area contributed by atoms with Gasteiger partial charge in [-0.05, 0) is 12.1 Å². The van der Waals surface area contributed by atoms with Crippen molar-refractivity contribution in [3.63, 3.8) is 0 Å². The minimum atomic E-state index is -0.428. The molecule has 0 saturated carbocycles. The molecule has 0 spiro atoms. The van der Waals surface area contributed by atoms with E-state index >= 15 is 0 Å². The molecule has 0 atom stereocenters. The molecule has 2 amide bonds. The fourth-order valence-electron chi connectivity index (χ4n) is 1.38. The molecule has 0 unspecified atom stereocenters. The maximum atomic E-state index is 11.7. The molecule has 98 valence electrons. The molecule has 6 nitrogen and oxygen atoms in total. The quantitative estimate of drug-likeness (QED) is 0.847. The lowest BCUT2D eigenvalue weighted by Crippen LogP contribution is -2.20. The van der Waals surface area contributed by atoms with E-state index in [0.29, 0.717) is 17.3 Å². The number of carbonyl (C=O) groups is 1. The number of anilines is 2. The smallest absolute Gasteiger partial charge is 0.324 e. The lowest BCUT2D eigenvalue weighted by molar-refractivity contribution is 0.262. The Labute approximate surface area is 114 Å². The number of aromatic nitrogens is 2. The summed E-state index contributed by atoms with van der Waals surface area (Å²) in [6.07, 6.45) is 1.27. The van der Waals surface area contributed by atoms with Crippen molar-refractivity contribution in [3.05, 3.63) is 41.8 Å². The van der Waals surface area contributed by atoms with Crippen molar-refractivity contribution < 1.29 is 9.53 Å². The van der Waals surface area contributed by atoms with Gasteiger partial charge in [0.25, 0.3) is 0 Å². The number of methoxy groups -OCH3 is 1. The molecule has 1 aromatic heterocycles. The van der Waals surface area contributed by atoms with E-state index < -0.39 is 6.03 Å². The first-order chi connectivity index (χ1) is 9.17. The molecule has 2 aromatic rings. The Morgan fingerprint density at radius 3 is 2.84 bits per heavy atom. The SMILES string of the molecule is COc1cccc(NC(=O)Nc2cc(Cl)ncn2)c1. The Morgan fingerprint density at radius 1 is 1.26 bits per heavy atom. The number of urea groups is 1. The van der Waals surface area contributed by atoms with Gasteiger partial charge in [-0.15, -0.1) is 0 Å². The maximum absolute atomic E-state index is 11.7. The zero-order chi connectivity index (χ0) is 13.7. The third-order valence-electron chi connectivity index (χ3n) is 2.20. The van der Waals surface area contributed by atoms with Gasteiger partial charge < -0.3 is 10.1 Å². The highest BCUT2D eigenvalue weighted by Crippen LogP contribution is 2.17. The Bertz CT molecular complexity index is 591. The molecular weight excluding hydrogens is 268 g/mol. The lowest BCUT2D eigenvalue weighted by atomic mass is 10.3. The summed E-state index contributed by atoms with van der Waals surface area (Å²) in [5.41, 5.74) is 0.608. The summed E-state index contributed by atoms with van der Waals surface area (Å²) in [6, 6.07) is 8.03. The first-order valence-electron chi connectivity index (χ1n) is 5.37. The number of benzene rings is 1. The number of amides is 2. The second-order valence-corrected chi connectivity index (χ2v) is 3.92. The average Bonchev–Trinajstić information content (AvgIpc) is 2.38. The summed E-state index contributed by atoms with van der Waals surface area (Å²) >= 11 is 5.69. The second-order valence-electron chi connectivity index (χ2n) is 3.54. The fraction of sp³-hybridized carbons (Fsp3) is 0.0833. The number of ether oxygens (including phenoxy) is 1. The van der Waals surface area contributed by atoms with Crippen LogP contribution < -0.4 is 15.4 Å². The number of hydrogen-bond acceptors (Lipinski definition) is 4. The maximum Gasteiger partial charge on any atom is 0.324 e. The van der Waals surface area contributed by atoms with Crippen molar-refractivity contribution in [1.29, 1.82) is 0 Å². The van der Waals surface area contributed by atoms with Crippen LogP contribution >= 0.6 is 11.6 Å². The van der Waals surface area contributed by atoms with Gasteiger partial charge >= 0.3 is 6.03 Å². The van der Waals surface area contributed by atoms with Crippen LogP contribution in [-0.2, 0) is 0 Å². The van der Waals surface area contributed by atoms with Crippen LogP contribution in [0.1, 0.15) is 0 Å². The number of halogens is 1. The van der Waals surface area contributed by atoms with E-state index in [9.17, 15) is 4.79 Å². The van der Waals surface area contributed by atoms with Gasteiger partial charge in [0.05, 0.1) is 7.11 Å². The third kappa shape index (κ3) is 3.82. The van der Waals surface area contributed by atoms with Crippen LogP contribution in [0.2, 0.25) is 5.15 Å². The molecular formula is C12H11ClN4O2. The summed E-state index contributed by atoms with van der Waals surface area (Å²) in [4.78, 5) is 19.3. The van der Waals surface area contributed by atoms with E-state index in [1.54, 1.807) is 31.4 Å². The average molecular weight is 279 g/mol. The largest absolute Gasteiger partial charge is 0.497 e. The molecule has 0 aliphatic rings. The standard InChI is InChI=1S/C12H11ClN4O2/c1-19-9-4-2-3-8(5-9)16-12(18)17-11-6-10(13)14-7-15-11/h2-7H,1H3,(H2,14,15,16,17,18). The van der Waals surface area contributed by atoms with Crippen molar-refractivity contribution in [2.45, 2.75) is 0 Å². The van der Waals surface area contributed by atoms with E-state index in [1.165, 1.54) is 12.4 Å². The van der Waals surface area contributed by atoms with Crippen LogP contribution in [0, 0.1) is 0 Å². The van der Waals surface area contributed by atoms with Crippen molar-refractivity contribution >= 4 is 29.1 Å². The van der Waals surface area contributed by atoms with Gasteiger partial charge in [-0.2, -0.15) is 0 Å². The molecule has 2 N–H and O–H groups in total. The normalized spacial score (nSPS) is 9.79. The first kappa shape index (κ1) is 13.1. The van der Waals surface area contributed by atoms with Crippen molar-refractivity contribution in [2.24, 2.45) is 0 Å². The summed E-state index contributed by atoms with van der Waals surface area (Å²) in [5.74, 6) is 0.975. The molecule has 7 heteroatoms. The zero-order valence-electron chi connectivity index (χ0n) is 10.1. The molecule has 2 rings (SSSR count). The molecule has 0 aliphatic heterocycles. The van der Waals surface area contributed by atoms with Gasteiger partial charge in [0.2, 0.25) is 0 Å². The highest BCUT2D eigenvalue weighted by atomic mass is 35.5. The van der Waals surface area contributed by atoms with Crippen molar-refractivity contribution in [2.75, 3.05) is 17.7 Å². The first-order valence-corrected chi connectivity index (χ1v) is 5.75. The summed E-state index contributed by atoms with van der Waals surface area (Å²) < 4.78 is 5.06. The van der Waals surface area contributed by atoms with Crippen molar-refractivity contribution in [3.8, 4) is 5.75 Å². The monoisotopic (exact) mass is 278 g/mol. The summed E-state index contributed by atoms with van der Waals surface area (Å²) in [7, 11) is 1.56. The van der Waals surface area contributed by atoms with E-state index in [1.807, 2.05) is 0 Å². The highest BCUT2D eigenvalue weighted by molar-refractivity contribution is 6.29. The molecule has 0 bridgehead atoms. The second kappa shape index (κ2) is 6.01. The summed E-state index contributed by atoms with van der Waals surface area (Å²) in [5, 5.41) is 5.45. The van der Waals surface area contributed by atoms with Gasteiger partial charge in [-0.25, -0.2) is 14.8 Å². The Hall–Kier alpha value is -2.34. The molecule has 0 fully saturated rings. The van der Waals surface area contributed by atoms with Gasteiger partial charge in [0.15, 0.2) is 0 Å². The number of carbonyl (C=O) groups excluding carboxylic acids is 1. The van der Waals surface area contributed by atoms with Crippen LogP contribution in [0.4, 0.5) is 16.3 Å². The summed E-state index contributed by atoms with van der Waals surface area (Å²) in [6.45, 7) is 0. The Balaban J connectivity index is 2.01. The number of nitrogens with zero attached hydrogens (tertiary/aromatic N) is 2. The van der Waals surface area contributed by atoms with Gasteiger partial charge in [0.1, 0.15) is 23.0 Å². The molecule has 1 heterocycles. The predicted octanol–water partition coefficient (Wildman–Crippen LogP) is 2.78. The predicted molar refractivity (Wildman–Crippen MR) is 72.7 cm³/mol. The van der Waals surface area contributed by atoms with Crippen LogP contribution in [0.5, 0.6) is 5.75 Å². The third-order valence-corrected chi connectivity index (χ3v) is 2.41. The van der Waals surface area contributed by atoms with E-state index in [4.69, 9.17) is 16.3 Å². The van der Waals surface area contributed by atoms with Gasteiger partial charge in [-0.1, -0.05) is 17.7 Å². The minimum absolute atomic E-state index is 0.256. The van der Waals surface area contributed by atoms with Crippen LogP contribution in [-0.4, -0.2) is 23.1 Å². The zero-order valence-corrected chi connectivity index (χ0v) is 10.8. The fourth-order valence-corrected chi connectivity index (χ4v) is 1.53. The number of nitrogens with one attached hydrogen (secondary N) is 2. The number of rotatable bonds is 3. The van der Waals surface area contributed by atoms with E-state index in [0.717, 1.165) is 0 Å². The molecule has 0 aliphatic carbocycles. The highest BCUT2D eigenvalue weighted by Gasteiger charge is 2.05. The minimum Gasteiger partial charge on any atom is -0.497 e. The van der Waals surface area contributed by atoms with Crippen LogP contribution in [0.25, 0.3) is 0 Å². The molecule has 0 radical (unpaired) electrons. The molecule has 19 heavy (non-hydrogen) atoms. The van der Waals surface area contributed by atoms with E-state index in [2.05, 4.69) is 20.6 Å². The van der Waals surface area contributed by atoms with E-state index in [-0.39, 0.29) is 5.15 Å². The molecule has 1 aromatic carbocycles. The molecule has 0 saturated heterocycles. The van der Waals surface area contributed by atoms with Gasteiger partial charge in [0, 0.05) is 17.8 Å².